The first kappa shape index (κ1) is 28.6. The van der Waals surface area contributed by atoms with Gasteiger partial charge in [0.1, 0.15) is 5.82 Å². The second-order valence-corrected chi connectivity index (χ2v) is 8.61. The van der Waals surface area contributed by atoms with Gasteiger partial charge in [0, 0.05) is 37.5 Å². The molecule has 38 heavy (non-hydrogen) atoms. The zero-order valence-electron chi connectivity index (χ0n) is 23.1. The molecule has 4 aromatic rings. The Morgan fingerprint density at radius 1 is 0.895 bits per heavy atom. The fraction of sp³-hybridized carbons (Fsp3) is 0.355. The van der Waals surface area contributed by atoms with Gasteiger partial charge in [-0.2, -0.15) is 10.1 Å². The van der Waals surface area contributed by atoms with E-state index in [4.69, 9.17) is 9.72 Å². The molecule has 2 aromatic carbocycles. The zero-order valence-corrected chi connectivity index (χ0v) is 23.1. The molecular formula is C31H40N6O. The summed E-state index contributed by atoms with van der Waals surface area (Å²) < 4.78 is 6.04. The molecule has 4 rings (SSSR count). The summed E-state index contributed by atoms with van der Waals surface area (Å²) in [5.74, 6) is 1.91. The Kier molecular flexibility index (Phi) is 12.0. The number of hydrazone groups is 1. The third-order valence-electron chi connectivity index (χ3n) is 5.76. The smallest absolute Gasteiger partial charge is 0.219 e. The number of pyridine rings is 1. The summed E-state index contributed by atoms with van der Waals surface area (Å²) in [6.07, 6.45) is 7.42. The fourth-order valence-electron chi connectivity index (χ4n) is 3.91. The Hall–Kier alpha value is -4.00. The Morgan fingerprint density at radius 2 is 1.71 bits per heavy atom. The molecule has 0 fully saturated rings. The molecule has 0 radical (unpaired) electrons. The van der Waals surface area contributed by atoms with Crippen LogP contribution in [0.3, 0.4) is 0 Å². The highest BCUT2D eigenvalue weighted by Gasteiger charge is 2.12. The molecule has 0 saturated heterocycles. The van der Waals surface area contributed by atoms with Gasteiger partial charge in [0.25, 0.3) is 0 Å². The van der Waals surface area contributed by atoms with Gasteiger partial charge in [0.15, 0.2) is 5.82 Å². The molecule has 0 saturated carbocycles. The van der Waals surface area contributed by atoms with Crippen LogP contribution in [0.5, 0.6) is 5.88 Å². The van der Waals surface area contributed by atoms with Gasteiger partial charge in [0.05, 0.1) is 18.5 Å². The van der Waals surface area contributed by atoms with Crippen molar-refractivity contribution in [3.05, 3.63) is 84.4 Å². The van der Waals surface area contributed by atoms with Crippen molar-refractivity contribution in [1.29, 1.82) is 0 Å². The number of nitrogens with zero attached hydrogens (tertiary/aromatic N) is 5. The fourth-order valence-corrected chi connectivity index (χ4v) is 3.91. The number of fused-ring (bicyclic) bond motifs is 1. The third-order valence-corrected chi connectivity index (χ3v) is 5.76. The van der Waals surface area contributed by atoms with E-state index in [9.17, 15) is 0 Å². The van der Waals surface area contributed by atoms with Crippen LogP contribution in [0.1, 0.15) is 58.5 Å². The Bertz CT molecular complexity index is 1260. The van der Waals surface area contributed by atoms with Gasteiger partial charge in [-0.15, -0.1) is 0 Å². The van der Waals surface area contributed by atoms with E-state index >= 15 is 0 Å². The minimum absolute atomic E-state index is 0.488. The van der Waals surface area contributed by atoms with Gasteiger partial charge in [-0.3, -0.25) is 10.4 Å². The van der Waals surface area contributed by atoms with Crippen molar-refractivity contribution in [2.24, 2.45) is 5.10 Å². The molecule has 0 amide bonds. The number of rotatable bonds is 13. The number of anilines is 2. The van der Waals surface area contributed by atoms with E-state index in [0.29, 0.717) is 24.7 Å². The van der Waals surface area contributed by atoms with E-state index in [1.165, 1.54) is 5.39 Å². The van der Waals surface area contributed by atoms with E-state index in [1.54, 1.807) is 12.4 Å². The van der Waals surface area contributed by atoms with Crippen LogP contribution in [0.15, 0.2) is 78.0 Å². The summed E-state index contributed by atoms with van der Waals surface area (Å²) >= 11 is 0. The largest absolute Gasteiger partial charge is 0.477 e. The minimum Gasteiger partial charge on any atom is -0.477 e. The monoisotopic (exact) mass is 512 g/mol. The summed E-state index contributed by atoms with van der Waals surface area (Å²) in [5.41, 5.74) is 5.00. The normalized spacial score (nSPS) is 10.7. The maximum absolute atomic E-state index is 6.04. The Balaban J connectivity index is 0.00000195. The van der Waals surface area contributed by atoms with E-state index in [1.807, 2.05) is 56.3 Å². The predicted molar refractivity (Wildman–Crippen MR) is 159 cm³/mol. The highest BCUT2D eigenvalue weighted by Crippen LogP contribution is 2.20. The summed E-state index contributed by atoms with van der Waals surface area (Å²) in [6, 6.07) is 22.2. The van der Waals surface area contributed by atoms with Crippen LogP contribution < -0.4 is 15.1 Å². The standard InChI is InChI=1S/C29H34N6O.C2H6/c1-3-5-18-35(17-4-2)28-21-29(36-19-15-25-12-8-9-16-30-25)33-27(32-28)22-31-34-26-14-13-23-10-6-7-11-24(23)20-26;1-2/h6-14,16,20-22,34H,3-5,15,17-19H2,1-2H3;1-2H3/b31-22+;. The number of aromatic nitrogens is 3. The van der Waals surface area contributed by atoms with Crippen LogP contribution in [0.25, 0.3) is 10.8 Å². The SMILES string of the molecule is CC.CCCCN(CCC)c1cc(OCCc2ccccn2)nc(/C=N/Nc2ccc3ccccc3c2)n1. The average Bonchev–Trinajstić information content (AvgIpc) is 2.97. The van der Waals surface area contributed by atoms with Crippen molar-refractivity contribution in [3.8, 4) is 5.88 Å². The number of benzene rings is 2. The zero-order chi connectivity index (χ0) is 27.0. The molecule has 0 unspecified atom stereocenters. The number of nitrogens with one attached hydrogen (secondary N) is 1. The molecular weight excluding hydrogens is 472 g/mol. The van der Waals surface area contributed by atoms with Crippen LogP contribution >= 0.6 is 0 Å². The van der Waals surface area contributed by atoms with Crippen molar-refractivity contribution < 1.29 is 4.74 Å². The number of ether oxygens (including phenoxy) is 1. The lowest BCUT2D eigenvalue weighted by molar-refractivity contribution is 0.307. The van der Waals surface area contributed by atoms with Gasteiger partial charge in [0.2, 0.25) is 5.88 Å². The summed E-state index contributed by atoms with van der Waals surface area (Å²) in [6.45, 7) is 10.7. The second kappa shape index (κ2) is 16.0. The van der Waals surface area contributed by atoms with E-state index in [2.05, 4.69) is 63.5 Å². The summed E-state index contributed by atoms with van der Waals surface area (Å²) in [4.78, 5) is 16.1. The lowest BCUT2D eigenvalue weighted by Crippen LogP contribution is -2.26. The summed E-state index contributed by atoms with van der Waals surface area (Å²) in [5, 5.41) is 6.76. The Labute approximate surface area is 227 Å². The first-order valence-electron chi connectivity index (χ1n) is 13.7. The quantitative estimate of drug-likeness (QED) is 0.152. The predicted octanol–water partition coefficient (Wildman–Crippen LogP) is 7.14. The van der Waals surface area contributed by atoms with Crippen LogP contribution in [0, 0.1) is 0 Å². The molecule has 2 aromatic heterocycles. The highest BCUT2D eigenvalue weighted by atomic mass is 16.5. The molecule has 7 nitrogen and oxygen atoms in total. The molecule has 0 aliphatic heterocycles. The van der Waals surface area contributed by atoms with Gasteiger partial charge < -0.3 is 9.64 Å². The van der Waals surface area contributed by atoms with E-state index in [0.717, 1.165) is 54.9 Å². The van der Waals surface area contributed by atoms with Gasteiger partial charge in [-0.25, -0.2) is 4.98 Å². The minimum atomic E-state index is 0.488. The first-order chi connectivity index (χ1) is 18.7. The molecule has 0 spiro atoms. The van der Waals surface area contributed by atoms with Crippen LogP contribution in [0.4, 0.5) is 11.5 Å². The molecule has 0 bridgehead atoms. The van der Waals surface area contributed by atoms with Gasteiger partial charge in [-0.1, -0.05) is 70.5 Å². The number of hydrogen-bond donors (Lipinski definition) is 1. The first-order valence-corrected chi connectivity index (χ1v) is 13.7. The van der Waals surface area contributed by atoms with E-state index < -0.39 is 0 Å². The topological polar surface area (TPSA) is 75.5 Å². The number of unbranched alkanes of at least 4 members (excludes halogenated alkanes) is 1. The van der Waals surface area contributed by atoms with Crippen molar-refractivity contribution >= 4 is 28.5 Å². The maximum Gasteiger partial charge on any atom is 0.219 e. The lowest BCUT2D eigenvalue weighted by atomic mass is 10.1. The molecule has 7 heteroatoms. The van der Waals surface area contributed by atoms with Gasteiger partial charge >= 0.3 is 0 Å². The van der Waals surface area contributed by atoms with Crippen LogP contribution in [0.2, 0.25) is 0 Å². The Morgan fingerprint density at radius 3 is 2.47 bits per heavy atom. The molecule has 200 valence electrons. The molecule has 2 heterocycles. The second-order valence-electron chi connectivity index (χ2n) is 8.61. The van der Waals surface area contributed by atoms with Crippen LogP contribution in [-0.2, 0) is 6.42 Å². The highest BCUT2D eigenvalue weighted by molar-refractivity contribution is 5.86. The van der Waals surface area contributed by atoms with Crippen molar-refractivity contribution in [1.82, 2.24) is 15.0 Å². The third kappa shape index (κ3) is 8.83. The van der Waals surface area contributed by atoms with Crippen molar-refractivity contribution in [2.45, 2.75) is 53.4 Å². The maximum atomic E-state index is 6.04. The molecule has 1 N–H and O–H groups in total. The lowest BCUT2D eigenvalue weighted by Gasteiger charge is -2.23. The average molecular weight is 513 g/mol. The molecule has 0 aliphatic rings. The van der Waals surface area contributed by atoms with E-state index in [-0.39, 0.29) is 0 Å². The van der Waals surface area contributed by atoms with Crippen molar-refractivity contribution in [2.75, 3.05) is 30.0 Å². The van der Waals surface area contributed by atoms with Crippen molar-refractivity contribution in [3.63, 3.8) is 0 Å². The van der Waals surface area contributed by atoms with Crippen LogP contribution in [-0.4, -0.2) is 40.9 Å². The molecule has 0 atom stereocenters. The summed E-state index contributed by atoms with van der Waals surface area (Å²) in [7, 11) is 0. The van der Waals surface area contributed by atoms with Gasteiger partial charge in [-0.05, 0) is 47.9 Å². The number of hydrogen-bond acceptors (Lipinski definition) is 7. The molecule has 0 aliphatic carbocycles.